The summed E-state index contributed by atoms with van der Waals surface area (Å²) in [7, 11) is 0. The molecule has 0 aliphatic carbocycles. The standard InChI is InChI=1S/C22H25F2N3O3/c1-14-19(22(29)26-9-3-2-4-10-26)25-20(30-14)15-7-11-27(12-8-15)21(28)17-6-5-16(23)13-18(17)24/h5-6,13,15H,2-4,7-12H2,1H3. The number of aromatic nitrogens is 1. The van der Waals surface area contributed by atoms with Crippen molar-refractivity contribution in [3.63, 3.8) is 0 Å². The summed E-state index contributed by atoms with van der Waals surface area (Å²) in [6.07, 6.45) is 4.37. The van der Waals surface area contributed by atoms with Gasteiger partial charge in [-0.15, -0.1) is 0 Å². The minimum absolute atomic E-state index is 0.00581. The van der Waals surface area contributed by atoms with Crippen LogP contribution in [0.25, 0.3) is 0 Å². The summed E-state index contributed by atoms with van der Waals surface area (Å²) in [6.45, 7) is 4.08. The zero-order valence-corrected chi connectivity index (χ0v) is 17.0. The fraction of sp³-hybridized carbons (Fsp3) is 0.500. The van der Waals surface area contributed by atoms with Crippen LogP contribution in [0, 0.1) is 18.6 Å². The third kappa shape index (κ3) is 4.08. The number of rotatable bonds is 3. The summed E-state index contributed by atoms with van der Waals surface area (Å²) in [4.78, 5) is 33.2. The lowest BCUT2D eigenvalue weighted by Crippen LogP contribution is -2.38. The zero-order valence-electron chi connectivity index (χ0n) is 17.0. The minimum atomic E-state index is -0.855. The first kappa shape index (κ1) is 20.5. The normalized spacial score (nSPS) is 18.0. The van der Waals surface area contributed by atoms with Gasteiger partial charge in [0.15, 0.2) is 11.6 Å². The Labute approximate surface area is 173 Å². The topological polar surface area (TPSA) is 66.7 Å². The number of aryl methyl sites for hydroxylation is 1. The SMILES string of the molecule is Cc1oc(C2CCN(C(=O)c3ccc(F)cc3F)CC2)nc1C(=O)N1CCCCC1. The molecule has 1 aromatic heterocycles. The Morgan fingerprint density at radius 3 is 2.33 bits per heavy atom. The molecule has 0 atom stereocenters. The van der Waals surface area contributed by atoms with E-state index in [2.05, 4.69) is 4.98 Å². The average Bonchev–Trinajstić information content (AvgIpc) is 3.15. The third-order valence-electron chi connectivity index (χ3n) is 5.95. The first-order chi connectivity index (χ1) is 14.4. The number of likely N-dealkylation sites (tertiary alicyclic amines) is 2. The van der Waals surface area contributed by atoms with Gasteiger partial charge < -0.3 is 14.2 Å². The molecule has 3 heterocycles. The number of hydrogen-bond acceptors (Lipinski definition) is 4. The zero-order chi connectivity index (χ0) is 21.3. The summed E-state index contributed by atoms with van der Waals surface area (Å²) in [5, 5.41) is 0. The van der Waals surface area contributed by atoms with Crippen molar-refractivity contribution in [3.05, 3.63) is 52.7 Å². The van der Waals surface area contributed by atoms with Gasteiger partial charge in [-0.25, -0.2) is 13.8 Å². The molecule has 2 fully saturated rings. The molecule has 2 saturated heterocycles. The van der Waals surface area contributed by atoms with Crippen molar-refractivity contribution in [2.24, 2.45) is 0 Å². The van der Waals surface area contributed by atoms with Gasteiger partial charge in [-0.3, -0.25) is 9.59 Å². The number of carbonyl (C=O) groups excluding carboxylic acids is 2. The molecule has 2 amide bonds. The smallest absolute Gasteiger partial charge is 0.276 e. The molecule has 2 aliphatic heterocycles. The molecule has 1 aromatic carbocycles. The molecule has 0 bridgehead atoms. The number of hydrogen-bond donors (Lipinski definition) is 0. The predicted octanol–water partition coefficient (Wildman–Crippen LogP) is 3.91. The molecule has 160 valence electrons. The lowest BCUT2D eigenvalue weighted by atomic mass is 9.96. The van der Waals surface area contributed by atoms with Gasteiger partial charge in [0.2, 0.25) is 0 Å². The highest BCUT2D eigenvalue weighted by Gasteiger charge is 2.31. The second-order valence-electron chi connectivity index (χ2n) is 8.00. The first-order valence-electron chi connectivity index (χ1n) is 10.4. The summed E-state index contributed by atoms with van der Waals surface area (Å²) in [5.74, 6) is -1.06. The van der Waals surface area contributed by atoms with Crippen molar-refractivity contribution in [3.8, 4) is 0 Å². The minimum Gasteiger partial charge on any atom is -0.445 e. The van der Waals surface area contributed by atoms with Crippen LogP contribution in [0.15, 0.2) is 22.6 Å². The molecule has 0 radical (unpaired) electrons. The molecule has 30 heavy (non-hydrogen) atoms. The van der Waals surface area contributed by atoms with E-state index in [1.165, 1.54) is 6.07 Å². The number of benzene rings is 1. The van der Waals surface area contributed by atoms with Gasteiger partial charge in [-0.05, 0) is 51.2 Å². The lowest BCUT2D eigenvalue weighted by Gasteiger charge is -2.30. The van der Waals surface area contributed by atoms with E-state index in [0.717, 1.165) is 44.5 Å². The van der Waals surface area contributed by atoms with Crippen LogP contribution in [0.1, 0.15) is 70.5 Å². The Balaban J connectivity index is 1.40. The van der Waals surface area contributed by atoms with Crippen molar-refractivity contribution in [2.75, 3.05) is 26.2 Å². The van der Waals surface area contributed by atoms with Crippen LogP contribution in [0.5, 0.6) is 0 Å². The van der Waals surface area contributed by atoms with Gasteiger partial charge >= 0.3 is 0 Å². The molecule has 0 saturated carbocycles. The van der Waals surface area contributed by atoms with E-state index >= 15 is 0 Å². The highest BCUT2D eigenvalue weighted by Crippen LogP contribution is 2.30. The second-order valence-corrected chi connectivity index (χ2v) is 8.00. The van der Waals surface area contributed by atoms with Crippen molar-refractivity contribution in [1.82, 2.24) is 14.8 Å². The molecule has 2 aliphatic rings. The van der Waals surface area contributed by atoms with Gasteiger partial charge in [-0.1, -0.05) is 0 Å². The van der Waals surface area contributed by atoms with Crippen LogP contribution in [-0.2, 0) is 0 Å². The maximum Gasteiger partial charge on any atom is 0.276 e. The highest BCUT2D eigenvalue weighted by molar-refractivity contribution is 5.94. The van der Waals surface area contributed by atoms with Crippen molar-refractivity contribution in [2.45, 2.75) is 44.9 Å². The maximum atomic E-state index is 13.9. The fourth-order valence-electron chi connectivity index (χ4n) is 4.20. The quantitative estimate of drug-likeness (QED) is 0.760. The van der Waals surface area contributed by atoms with Crippen molar-refractivity contribution < 1.29 is 22.8 Å². The number of halogens is 2. The molecule has 2 aromatic rings. The number of carbonyl (C=O) groups is 2. The van der Waals surface area contributed by atoms with Crippen molar-refractivity contribution in [1.29, 1.82) is 0 Å². The fourth-order valence-corrected chi connectivity index (χ4v) is 4.20. The van der Waals surface area contributed by atoms with Crippen LogP contribution < -0.4 is 0 Å². The molecule has 0 N–H and O–H groups in total. The Morgan fingerprint density at radius 1 is 1.00 bits per heavy atom. The number of oxazole rings is 1. The summed E-state index contributed by atoms with van der Waals surface area (Å²) in [6, 6.07) is 2.98. The van der Waals surface area contributed by atoms with Gasteiger partial charge in [0.05, 0.1) is 5.56 Å². The molecule has 4 rings (SSSR count). The average molecular weight is 417 g/mol. The van der Waals surface area contributed by atoms with Gasteiger partial charge in [0.1, 0.15) is 17.4 Å². The third-order valence-corrected chi connectivity index (χ3v) is 5.95. The molecule has 0 unspecified atom stereocenters. The molecular formula is C22H25F2N3O3. The summed E-state index contributed by atoms with van der Waals surface area (Å²) in [5.41, 5.74) is 0.245. The van der Waals surface area contributed by atoms with Gasteiger partial charge in [-0.2, -0.15) is 0 Å². The number of piperidine rings is 2. The number of nitrogens with zero attached hydrogens (tertiary/aromatic N) is 3. The molecule has 8 heteroatoms. The first-order valence-corrected chi connectivity index (χ1v) is 10.4. The Kier molecular flexibility index (Phi) is 5.83. The van der Waals surface area contributed by atoms with E-state index in [-0.39, 0.29) is 17.4 Å². The highest BCUT2D eigenvalue weighted by atomic mass is 19.1. The Hall–Kier alpha value is -2.77. The maximum absolute atomic E-state index is 13.9. The molecule has 6 nitrogen and oxygen atoms in total. The Bertz CT molecular complexity index is 945. The predicted molar refractivity (Wildman–Crippen MR) is 105 cm³/mol. The largest absolute Gasteiger partial charge is 0.445 e. The Morgan fingerprint density at radius 2 is 1.67 bits per heavy atom. The van der Waals surface area contributed by atoms with E-state index in [1.807, 2.05) is 4.90 Å². The second kappa shape index (κ2) is 8.53. The van der Waals surface area contributed by atoms with E-state index in [9.17, 15) is 18.4 Å². The lowest BCUT2D eigenvalue weighted by molar-refractivity contribution is 0.0699. The molecular weight excluding hydrogens is 392 g/mol. The van der Waals surface area contributed by atoms with E-state index in [0.29, 0.717) is 43.3 Å². The molecule has 0 spiro atoms. The van der Waals surface area contributed by atoms with Gasteiger partial charge in [0.25, 0.3) is 11.8 Å². The van der Waals surface area contributed by atoms with E-state index in [4.69, 9.17) is 4.42 Å². The van der Waals surface area contributed by atoms with Crippen LogP contribution >= 0.6 is 0 Å². The summed E-state index contributed by atoms with van der Waals surface area (Å²) < 4.78 is 32.8. The summed E-state index contributed by atoms with van der Waals surface area (Å²) >= 11 is 0. The number of amides is 2. The monoisotopic (exact) mass is 417 g/mol. The van der Waals surface area contributed by atoms with E-state index in [1.54, 1.807) is 11.8 Å². The van der Waals surface area contributed by atoms with Crippen LogP contribution in [-0.4, -0.2) is 52.8 Å². The van der Waals surface area contributed by atoms with E-state index < -0.39 is 17.5 Å². The van der Waals surface area contributed by atoms with Crippen LogP contribution in [0.2, 0.25) is 0 Å². The van der Waals surface area contributed by atoms with Crippen LogP contribution in [0.3, 0.4) is 0 Å². The van der Waals surface area contributed by atoms with Crippen molar-refractivity contribution >= 4 is 11.8 Å². The van der Waals surface area contributed by atoms with Gasteiger partial charge in [0, 0.05) is 38.2 Å². The van der Waals surface area contributed by atoms with Crippen LogP contribution in [0.4, 0.5) is 8.78 Å².